The second kappa shape index (κ2) is 43.1. The third kappa shape index (κ3) is 28.6. The predicted octanol–water partition coefficient (Wildman–Crippen LogP) is 11.2. The van der Waals surface area contributed by atoms with Gasteiger partial charge in [-0.15, -0.1) is 0 Å². The number of carbonyl (C=O) groups excluding carboxylic acids is 9. The molecule has 4 heterocycles. The maximum absolute atomic E-state index is 12.6. The zero-order valence-electron chi connectivity index (χ0n) is 62.1. The Morgan fingerprint density at radius 1 is 0.469 bits per heavy atom. The van der Waals surface area contributed by atoms with Crippen LogP contribution >= 0.6 is 0 Å². The fourth-order valence-electron chi connectivity index (χ4n) is 12.2. The Balaban J connectivity index is 0.000000472. The van der Waals surface area contributed by atoms with Gasteiger partial charge in [-0.05, 0) is 212 Å². The van der Waals surface area contributed by atoms with Crippen LogP contribution in [0.1, 0.15) is 187 Å². The summed E-state index contributed by atoms with van der Waals surface area (Å²) in [4.78, 5) is 101. The van der Waals surface area contributed by atoms with E-state index in [1.165, 1.54) is 50.4 Å². The maximum atomic E-state index is 12.6. The number of hydrogen-bond acceptors (Lipinski definition) is 18. The standard InChI is InChI=1S/C27H41N3O3.C24H36N2O2.C23H34N2O3.3CO2/c1-7-23-18-22(10-9-12-28-14-16-32-17-15-28)19-25(21(23)3)30(8-2)24-11-13-29(20-24)26(31)33-27(4,5)6;1-8-11-12-19-15-20(9-2)18(4)22(16-19)26(10-3)21-13-14-25(17-21)23(27)28-24(5,6)7;1-7-19-14-18(10-9-13-26)15-21(17(19)3)25(8-2)20-11-12-24(16-20)22(27)28-23(4,5)6;3*2-1-3/h18-19,24H,7-8,11-17,20H2,1-6H3;15-16,21H,8-10,13-14,17H2,1-7H3;14-15,20,26H,7-8,11-13,16H2,1-6H3;;;. The van der Waals surface area contributed by atoms with Crippen LogP contribution in [0.25, 0.3) is 0 Å². The minimum atomic E-state index is -0.480. The molecule has 0 bridgehead atoms. The van der Waals surface area contributed by atoms with Crippen LogP contribution in [-0.2, 0) is 67.0 Å². The molecule has 21 nitrogen and oxygen atoms in total. The highest BCUT2D eigenvalue weighted by molar-refractivity contribution is 5.71. The second-order valence-electron chi connectivity index (χ2n) is 26.9. The molecule has 1 N–H and O–H groups in total. The van der Waals surface area contributed by atoms with Crippen molar-refractivity contribution in [1.29, 1.82) is 0 Å². The van der Waals surface area contributed by atoms with E-state index in [2.05, 4.69) is 161 Å². The summed E-state index contributed by atoms with van der Waals surface area (Å²) in [5, 5.41) is 9.03. The van der Waals surface area contributed by atoms with Gasteiger partial charge < -0.3 is 53.5 Å². The number of likely N-dealkylation sites (N-methyl/N-ethyl adjacent to an activating group) is 3. The number of morpholine rings is 1. The van der Waals surface area contributed by atoms with Crippen molar-refractivity contribution in [1.82, 2.24) is 19.6 Å². The Morgan fingerprint density at radius 3 is 1.01 bits per heavy atom. The largest absolute Gasteiger partial charge is 0.444 e. The Kier molecular flexibility index (Phi) is 37.7. The number of likely N-dealkylation sites (tertiary alicyclic amines) is 3. The van der Waals surface area contributed by atoms with Crippen molar-refractivity contribution in [3.8, 4) is 35.5 Å². The van der Waals surface area contributed by atoms with Crippen molar-refractivity contribution >= 4 is 53.8 Å². The molecule has 98 heavy (non-hydrogen) atoms. The van der Waals surface area contributed by atoms with E-state index in [1.807, 2.05) is 77.0 Å². The third-order valence-electron chi connectivity index (χ3n) is 16.7. The molecule has 4 saturated heterocycles. The number of amides is 3. The summed E-state index contributed by atoms with van der Waals surface area (Å²) < 4.78 is 22.1. The van der Waals surface area contributed by atoms with Gasteiger partial charge in [0, 0.05) is 130 Å². The van der Waals surface area contributed by atoms with Gasteiger partial charge in [0.2, 0.25) is 0 Å². The first kappa shape index (κ1) is 85.7. The summed E-state index contributed by atoms with van der Waals surface area (Å²) in [7, 11) is 0. The minimum Gasteiger partial charge on any atom is -0.444 e. The van der Waals surface area contributed by atoms with Gasteiger partial charge in [-0.2, -0.15) is 28.8 Å². The number of carbonyl (C=O) groups is 3. The summed E-state index contributed by atoms with van der Waals surface area (Å²) in [6, 6.07) is 14.0. The molecule has 21 heteroatoms. The highest BCUT2D eigenvalue weighted by Gasteiger charge is 2.36. The van der Waals surface area contributed by atoms with Crippen molar-refractivity contribution < 1.29 is 67.2 Å². The average Bonchev–Trinajstić information content (AvgIpc) is 1.46. The average molecular weight is 1360 g/mol. The lowest BCUT2D eigenvalue weighted by Crippen LogP contribution is -2.41. The molecule has 538 valence electrons. The van der Waals surface area contributed by atoms with Crippen molar-refractivity contribution in [2.45, 2.75) is 211 Å². The Bertz CT molecular complexity index is 3180. The zero-order chi connectivity index (χ0) is 73.9. The van der Waals surface area contributed by atoms with Crippen molar-refractivity contribution in [3.05, 3.63) is 86.5 Å². The minimum absolute atomic E-state index is 0.143. The van der Waals surface area contributed by atoms with Crippen molar-refractivity contribution in [2.24, 2.45) is 0 Å². The normalized spacial score (nSPS) is 16.2. The van der Waals surface area contributed by atoms with Gasteiger partial charge in [-0.1, -0.05) is 63.2 Å². The summed E-state index contributed by atoms with van der Waals surface area (Å²) >= 11 is 0. The first-order valence-electron chi connectivity index (χ1n) is 34.4. The van der Waals surface area contributed by atoms with Gasteiger partial charge in [0.05, 0.1) is 19.8 Å². The molecule has 3 aromatic rings. The first-order valence-corrected chi connectivity index (χ1v) is 34.4. The predicted molar refractivity (Wildman–Crippen MR) is 380 cm³/mol. The topological polar surface area (TPSA) is 233 Å². The smallest absolute Gasteiger partial charge is 0.410 e. The van der Waals surface area contributed by atoms with Crippen LogP contribution < -0.4 is 14.7 Å². The summed E-state index contributed by atoms with van der Waals surface area (Å²) in [6.07, 6.45) is 6.67. The van der Waals surface area contributed by atoms with E-state index in [9.17, 15) is 14.4 Å². The zero-order valence-corrected chi connectivity index (χ0v) is 62.1. The van der Waals surface area contributed by atoms with Gasteiger partial charge in [0.15, 0.2) is 0 Å². The van der Waals surface area contributed by atoms with E-state index in [4.69, 9.17) is 52.8 Å². The van der Waals surface area contributed by atoms with Crippen LogP contribution in [0.3, 0.4) is 0 Å². The number of benzene rings is 3. The highest BCUT2D eigenvalue weighted by Crippen LogP contribution is 2.34. The van der Waals surface area contributed by atoms with Gasteiger partial charge in [0.1, 0.15) is 23.4 Å². The fraction of sp³-hybridized carbons (Fsp3) is 0.610. The summed E-state index contributed by atoms with van der Waals surface area (Å²) in [6.45, 7) is 49.9. The molecule has 4 aliphatic heterocycles. The van der Waals surface area contributed by atoms with E-state index in [1.54, 1.807) is 0 Å². The lowest BCUT2D eigenvalue weighted by Gasteiger charge is -2.32. The molecule has 3 amide bonds. The number of nitrogens with zero attached hydrogens (tertiary/aromatic N) is 7. The molecule has 0 spiro atoms. The number of aliphatic hydroxyl groups excluding tert-OH is 1. The number of anilines is 3. The Morgan fingerprint density at radius 2 is 0.755 bits per heavy atom. The van der Waals surface area contributed by atoms with E-state index >= 15 is 0 Å². The van der Waals surface area contributed by atoms with Gasteiger partial charge in [0.25, 0.3) is 0 Å². The third-order valence-corrected chi connectivity index (χ3v) is 16.7. The number of aliphatic hydroxyl groups is 1. The number of aryl methyl sites for hydroxylation is 3. The Hall–Kier alpha value is -8.43. The molecule has 3 unspecified atom stereocenters. The van der Waals surface area contributed by atoms with Crippen LogP contribution in [0.4, 0.5) is 31.4 Å². The van der Waals surface area contributed by atoms with E-state index in [0.717, 1.165) is 127 Å². The molecular weight excluding hydrogens is 1250 g/mol. The molecule has 0 radical (unpaired) electrons. The maximum Gasteiger partial charge on any atom is 0.410 e. The highest BCUT2D eigenvalue weighted by atomic mass is 16.6. The molecule has 3 aromatic carbocycles. The van der Waals surface area contributed by atoms with E-state index in [-0.39, 0.29) is 55.4 Å². The molecule has 0 aromatic heterocycles. The van der Waals surface area contributed by atoms with Gasteiger partial charge >= 0.3 is 36.7 Å². The SMILES string of the molecule is CCC#Cc1cc(CC)c(C)c(N(CC)C2CCN(C(=O)OC(C)(C)C)C2)c1.CCc1cc(C#CCN2CCOCC2)cc(N(CC)C2CCN(C(=O)OC(C)(C)C)C2)c1C.CCc1cc(C#CCO)cc(N(CC)C2CCN(C(=O)OC(C)(C)C)C2)c1C.O=C=O.O=C=O.O=C=O. The molecule has 4 fully saturated rings. The van der Waals surface area contributed by atoms with Crippen molar-refractivity contribution in [2.75, 3.05) is 113 Å². The number of hydrogen-bond donors (Lipinski definition) is 1. The monoisotopic (exact) mass is 1360 g/mol. The molecule has 3 atom stereocenters. The lowest BCUT2D eigenvalue weighted by atomic mass is 9.99. The van der Waals surface area contributed by atoms with Gasteiger partial charge in [-0.3, -0.25) is 4.90 Å². The summed E-state index contributed by atoms with van der Waals surface area (Å²) in [5.41, 5.74) is 13.2. The van der Waals surface area contributed by atoms with Crippen LogP contribution in [-0.4, -0.2) is 195 Å². The van der Waals surface area contributed by atoms with Crippen LogP contribution in [0.2, 0.25) is 0 Å². The number of ether oxygens (including phenoxy) is 4. The van der Waals surface area contributed by atoms with Gasteiger partial charge in [-0.25, -0.2) is 14.4 Å². The molecule has 4 aliphatic rings. The molecular formula is C77H111N7O14. The second-order valence-corrected chi connectivity index (χ2v) is 26.9. The molecule has 0 aliphatic carbocycles. The summed E-state index contributed by atoms with van der Waals surface area (Å²) in [5.74, 6) is 19.1. The fourth-order valence-corrected chi connectivity index (χ4v) is 12.2. The van der Waals surface area contributed by atoms with E-state index in [0.29, 0.717) is 32.2 Å². The number of rotatable bonds is 13. The molecule has 0 saturated carbocycles. The molecule has 7 rings (SSSR count). The van der Waals surface area contributed by atoms with Crippen LogP contribution in [0.15, 0.2) is 36.4 Å². The first-order chi connectivity index (χ1) is 46.3. The quantitative estimate of drug-likeness (QED) is 0.124. The van der Waals surface area contributed by atoms with Crippen LogP contribution in [0.5, 0.6) is 0 Å². The van der Waals surface area contributed by atoms with Crippen molar-refractivity contribution in [3.63, 3.8) is 0 Å². The lowest BCUT2D eigenvalue weighted by molar-refractivity contribution is -0.193. The van der Waals surface area contributed by atoms with E-state index < -0.39 is 16.8 Å². The van der Waals surface area contributed by atoms with Crippen LogP contribution in [0, 0.1) is 56.3 Å². The Labute approximate surface area is 584 Å².